The fraction of sp³-hybridized carbons (Fsp3) is 0.381. The van der Waals surface area contributed by atoms with Crippen molar-refractivity contribution >= 4 is 21.6 Å². The molecule has 0 aliphatic rings. The molecule has 0 bridgehead atoms. The smallest absolute Gasteiger partial charge is 0.244 e. The van der Waals surface area contributed by atoms with Gasteiger partial charge in [0.05, 0.1) is 26.2 Å². The lowest BCUT2D eigenvalue weighted by Crippen LogP contribution is -2.49. The van der Waals surface area contributed by atoms with Crippen LogP contribution in [0.25, 0.3) is 0 Å². The molecule has 2 aromatic carbocycles. The fourth-order valence-electron chi connectivity index (χ4n) is 3.05. The predicted molar refractivity (Wildman–Crippen MR) is 114 cm³/mol. The first-order valence-electron chi connectivity index (χ1n) is 9.26. The number of nitrogens with one attached hydrogen (secondary N) is 1. The summed E-state index contributed by atoms with van der Waals surface area (Å²) in [6.45, 7) is 3.94. The van der Waals surface area contributed by atoms with Crippen LogP contribution in [0.1, 0.15) is 24.5 Å². The molecule has 0 radical (unpaired) electrons. The molecule has 158 valence electrons. The molecule has 7 nitrogen and oxygen atoms in total. The lowest BCUT2D eigenvalue weighted by Gasteiger charge is -2.30. The highest BCUT2D eigenvalue weighted by Gasteiger charge is 2.31. The Morgan fingerprint density at radius 2 is 1.69 bits per heavy atom. The molecular weight excluding hydrogens is 392 g/mol. The van der Waals surface area contributed by atoms with Crippen molar-refractivity contribution in [1.82, 2.24) is 5.32 Å². The molecule has 1 atom stereocenters. The summed E-state index contributed by atoms with van der Waals surface area (Å²) >= 11 is 0. The number of hydrogen-bond donors (Lipinski definition) is 1. The highest BCUT2D eigenvalue weighted by molar-refractivity contribution is 7.92. The van der Waals surface area contributed by atoms with Crippen LogP contribution in [0.15, 0.2) is 42.5 Å². The number of amides is 1. The van der Waals surface area contributed by atoms with Gasteiger partial charge in [0.25, 0.3) is 0 Å². The Hall–Kier alpha value is -2.74. The number of benzene rings is 2. The first-order chi connectivity index (χ1) is 13.7. The van der Waals surface area contributed by atoms with Gasteiger partial charge in [-0.3, -0.25) is 9.10 Å². The quantitative estimate of drug-likeness (QED) is 0.674. The Labute approximate surface area is 172 Å². The van der Waals surface area contributed by atoms with E-state index in [1.165, 1.54) is 4.31 Å². The van der Waals surface area contributed by atoms with E-state index in [2.05, 4.69) is 5.32 Å². The highest BCUT2D eigenvalue weighted by Crippen LogP contribution is 2.27. The minimum Gasteiger partial charge on any atom is -0.493 e. The number of anilines is 1. The van der Waals surface area contributed by atoms with Crippen LogP contribution in [0.4, 0.5) is 5.69 Å². The van der Waals surface area contributed by atoms with Gasteiger partial charge in [0.1, 0.15) is 6.04 Å². The summed E-state index contributed by atoms with van der Waals surface area (Å²) in [6.07, 6.45) is 1.44. The summed E-state index contributed by atoms with van der Waals surface area (Å²) in [7, 11) is -0.562. The Balaban J connectivity index is 2.22. The molecule has 0 aliphatic carbocycles. The van der Waals surface area contributed by atoms with Crippen molar-refractivity contribution in [3.63, 3.8) is 0 Å². The molecule has 2 rings (SSSR count). The van der Waals surface area contributed by atoms with Crippen LogP contribution in [-0.2, 0) is 21.4 Å². The van der Waals surface area contributed by atoms with Crippen LogP contribution >= 0.6 is 0 Å². The Kier molecular flexibility index (Phi) is 7.50. The monoisotopic (exact) mass is 420 g/mol. The van der Waals surface area contributed by atoms with Crippen molar-refractivity contribution in [2.75, 3.05) is 24.8 Å². The topological polar surface area (TPSA) is 84.9 Å². The summed E-state index contributed by atoms with van der Waals surface area (Å²) in [4.78, 5) is 12.9. The third-order valence-electron chi connectivity index (χ3n) is 4.53. The zero-order valence-corrected chi connectivity index (χ0v) is 18.2. The standard InChI is InChI=1S/C21H28N2O5S/c1-6-18(23(29(5,25)26)17-10-7-15(2)8-11-17)21(24)22-14-16-9-12-19(27-3)20(13-16)28-4/h7-13,18H,6,14H2,1-5H3,(H,22,24)/t18-/m1/s1. The van der Waals surface area contributed by atoms with Gasteiger partial charge in [-0.05, 0) is 43.2 Å². The number of carbonyl (C=O) groups excluding carboxylic acids is 1. The summed E-state index contributed by atoms with van der Waals surface area (Å²) in [5.74, 6) is 0.786. The minimum absolute atomic E-state index is 0.237. The zero-order valence-electron chi connectivity index (χ0n) is 17.4. The molecule has 1 amide bonds. The summed E-state index contributed by atoms with van der Waals surface area (Å²) in [5.41, 5.74) is 2.28. The van der Waals surface area contributed by atoms with Crippen molar-refractivity contribution in [2.45, 2.75) is 32.9 Å². The van der Waals surface area contributed by atoms with Crippen molar-refractivity contribution in [2.24, 2.45) is 0 Å². The minimum atomic E-state index is -3.65. The van der Waals surface area contributed by atoms with Crippen molar-refractivity contribution in [1.29, 1.82) is 0 Å². The molecule has 0 heterocycles. The second-order valence-electron chi connectivity index (χ2n) is 6.73. The van der Waals surface area contributed by atoms with E-state index in [9.17, 15) is 13.2 Å². The highest BCUT2D eigenvalue weighted by atomic mass is 32.2. The number of methoxy groups -OCH3 is 2. The molecule has 0 fully saturated rings. The molecule has 1 N–H and O–H groups in total. The number of ether oxygens (including phenoxy) is 2. The second-order valence-corrected chi connectivity index (χ2v) is 8.58. The number of carbonyl (C=O) groups is 1. The Morgan fingerprint density at radius 1 is 1.07 bits per heavy atom. The maximum absolute atomic E-state index is 12.9. The van der Waals surface area contributed by atoms with Gasteiger partial charge >= 0.3 is 0 Å². The van der Waals surface area contributed by atoms with Gasteiger partial charge in [-0.15, -0.1) is 0 Å². The van der Waals surface area contributed by atoms with Gasteiger partial charge in [0.15, 0.2) is 11.5 Å². The van der Waals surface area contributed by atoms with Crippen LogP contribution in [0, 0.1) is 6.92 Å². The van der Waals surface area contributed by atoms with Crippen LogP contribution in [0.3, 0.4) is 0 Å². The number of rotatable bonds is 9. The van der Waals surface area contributed by atoms with Crippen LogP contribution in [0.5, 0.6) is 11.5 Å². The number of nitrogens with zero attached hydrogens (tertiary/aromatic N) is 1. The molecule has 8 heteroatoms. The van der Waals surface area contributed by atoms with Gasteiger partial charge in [-0.25, -0.2) is 8.42 Å². The fourth-order valence-corrected chi connectivity index (χ4v) is 4.26. The molecule has 0 saturated carbocycles. The summed E-state index contributed by atoms with van der Waals surface area (Å²) in [5, 5.41) is 2.83. The maximum Gasteiger partial charge on any atom is 0.244 e. The second kappa shape index (κ2) is 9.65. The van der Waals surface area contributed by atoms with E-state index in [1.807, 2.05) is 25.1 Å². The van der Waals surface area contributed by atoms with E-state index >= 15 is 0 Å². The molecule has 0 spiro atoms. The predicted octanol–water partition coefficient (Wildman–Crippen LogP) is 2.87. The van der Waals surface area contributed by atoms with Crippen LogP contribution in [0.2, 0.25) is 0 Å². The van der Waals surface area contributed by atoms with Gasteiger partial charge in [0, 0.05) is 6.54 Å². The van der Waals surface area contributed by atoms with Crippen LogP contribution < -0.4 is 19.1 Å². The largest absolute Gasteiger partial charge is 0.493 e. The Bertz CT molecular complexity index is 942. The third kappa shape index (κ3) is 5.63. The van der Waals surface area contributed by atoms with Crippen molar-refractivity contribution < 1.29 is 22.7 Å². The maximum atomic E-state index is 12.9. The molecule has 0 aliphatic heterocycles. The average molecular weight is 421 g/mol. The lowest BCUT2D eigenvalue weighted by atomic mass is 10.1. The van der Waals surface area contributed by atoms with Crippen molar-refractivity contribution in [3.05, 3.63) is 53.6 Å². The van der Waals surface area contributed by atoms with Crippen molar-refractivity contribution in [3.8, 4) is 11.5 Å². The first-order valence-corrected chi connectivity index (χ1v) is 11.1. The van der Waals surface area contributed by atoms with Gasteiger partial charge < -0.3 is 14.8 Å². The molecule has 0 saturated heterocycles. The van der Waals surface area contributed by atoms with E-state index in [-0.39, 0.29) is 12.5 Å². The van der Waals surface area contributed by atoms with E-state index in [1.54, 1.807) is 45.4 Å². The van der Waals surface area contributed by atoms with Crippen LogP contribution in [-0.4, -0.2) is 40.8 Å². The lowest BCUT2D eigenvalue weighted by molar-refractivity contribution is -0.122. The number of sulfonamides is 1. The first kappa shape index (κ1) is 22.5. The Morgan fingerprint density at radius 3 is 2.21 bits per heavy atom. The van der Waals surface area contributed by atoms with Gasteiger partial charge in [-0.2, -0.15) is 0 Å². The normalized spacial score (nSPS) is 12.2. The van der Waals surface area contributed by atoms with E-state index in [0.717, 1.165) is 17.4 Å². The van der Waals surface area contributed by atoms with Gasteiger partial charge in [0.2, 0.25) is 15.9 Å². The summed E-state index contributed by atoms with van der Waals surface area (Å²) in [6, 6.07) is 11.6. The molecule has 2 aromatic rings. The van der Waals surface area contributed by atoms with E-state index in [4.69, 9.17) is 9.47 Å². The average Bonchev–Trinajstić information content (AvgIpc) is 2.69. The zero-order chi connectivity index (χ0) is 21.6. The van der Waals surface area contributed by atoms with E-state index < -0.39 is 16.1 Å². The number of hydrogen-bond acceptors (Lipinski definition) is 5. The van der Waals surface area contributed by atoms with E-state index in [0.29, 0.717) is 23.6 Å². The molecule has 0 unspecified atom stereocenters. The van der Waals surface area contributed by atoms with Gasteiger partial charge in [-0.1, -0.05) is 30.7 Å². The molecular formula is C21H28N2O5S. The molecule has 0 aromatic heterocycles. The summed E-state index contributed by atoms with van der Waals surface area (Å²) < 4.78 is 36.6. The molecule has 29 heavy (non-hydrogen) atoms. The number of aryl methyl sites for hydroxylation is 1. The third-order valence-corrected chi connectivity index (χ3v) is 5.71. The SMILES string of the molecule is CC[C@H](C(=O)NCc1ccc(OC)c(OC)c1)N(c1ccc(C)cc1)S(C)(=O)=O.